The zero-order valence-corrected chi connectivity index (χ0v) is 11.7. The van der Waals surface area contributed by atoms with E-state index in [-0.39, 0.29) is 11.4 Å². The number of methoxy groups -OCH3 is 1. The van der Waals surface area contributed by atoms with Crippen LogP contribution in [-0.2, 0) is 0 Å². The van der Waals surface area contributed by atoms with Gasteiger partial charge in [0.25, 0.3) is 0 Å². The summed E-state index contributed by atoms with van der Waals surface area (Å²) in [5, 5.41) is 0. The van der Waals surface area contributed by atoms with Crippen LogP contribution in [0.3, 0.4) is 0 Å². The lowest BCUT2D eigenvalue weighted by molar-refractivity contribution is 0.0453. The smallest absolute Gasteiger partial charge is 0.170 e. The van der Waals surface area contributed by atoms with Crippen molar-refractivity contribution in [2.24, 2.45) is 0 Å². The topological polar surface area (TPSA) is 38.8 Å². The SMILES string of the molecule is COc1ccc2c(c1)OC1(CCN(C3CC3)C1)CC2=O. The third kappa shape index (κ3) is 1.90. The molecule has 1 atom stereocenters. The molecule has 4 heteroatoms. The first kappa shape index (κ1) is 12.2. The first-order valence-electron chi connectivity index (χ1n) is 7.33. The lowest BCUT2D eigenvalue weighted by Gasteiger charge is -2.35. The third-order valence-corrected chi connectivity index (χ3v) is 4.71. The van der Waals surface area contributed by atoms with Gasteiger partial charge >= 0.3 is 0 Å². The van der Waals surface area contributed by atoms with Gasteiger partial charge in [-0.1, -0.05) is 0 Å². The average Bonchev–Trinajstić information content (AvgIpc) is 3.22. The van der Waals surface area contributed by atoms with E-state index < -0.39 is 0 Å². The number of likely N-dealkylation sites (tertiary alicyclic amines) is 1. The zero-order chi connectivity index (χ0) is 13.7. The van der Waals surface area contributed by atoms with Crippen molar-refractivity contribution in [2.45, 2.75) is 37.3 Å². The molecule has 0 amide bonds. The van der Waals surface area contributed by atoms with E-state index in [0.717, 1.165) is 31.3 Å². The van der Waals surface area contributed by atoms with E-state index in [2.05, 4.69) is 4.90 Å². The zero-order valence-electron chi connectivity index (χ0n) is 11.7. The number of fused-ring (bicyclic) bond motifs is 1. The number of nitrogens with zero attached hydrogens (tertiary/aromatic N) is 1. The molecule has 1 saturated carbocycles. The van der Waals surface area contributed by atoms with Crippen molar-refractivity contribution in [3.63, 3.8) is 0 Å². The van der Waals surface area contributed by atoms with Gasteiger partial charge in [0.15, 0.2) is 5.78 Å². The molecule has 2 aliphatic heterocycles. The van der Waals surface area contributed by atoms with E-state index in [4.69, 9.17) is 9.47 Å². The summed E-state index contributed by atoms with van der Waals surface area (Å²) in [4.78, 5) is 14.9. The number of ether oxygens (including phenoxy) is 2. The summed E-state index contributed by atoms with van der Waals surface area (Å²) in [6.45, 7) is 1.94. The van der Waals surface area contributed by atoms with Gasteiger partial charge in [0.1, 0.15) is 17.1 Å². The summed E-state index contributed by atoms with van der Waals surface area (Å²) in [6.07, 6.45) is 4.06. The van der Waals surface area contributed by atoms with Gasteiger partial charge in [-0.3, -0.25) is 9.69 Å². The molecule has 1 aromatic rings. The Morgan fingerprint density at radius 2 is 2.25 bits per heavy atom. The average molecular weight is 273 g/mol. The molecule has 1 spiro atoms. The Balaban J connectivity index is 1.64. The second-order valence-corrected chi connectivity index (χ2v) is 6.20. The predicted molar refractivity (Wildman–Crippen MR) is 74.5 cm³/mol. The van der Waals surface area contributed by atoms with Crippen LogP contribution in [0.15, 0.2) is 18.2 Å². The Bertz CT molecular complexity index is 567. The Labute approximate surface area is 118 Å². The molecule has 0 radical (unpaired) electrons. The van der Waals surface area contributed by atoms with Crippen LogP contribution in [0, 0.1) is 0 Å². The molecule has 0 bridgehead atoms. The fourth-order valence-corrected chi connectivity index (χ4v) is 3.46. The van der Waals surface area contributed by atoms with Crippen molar-refractivity contribution in [1.29, 1.82) is 0 Å². The summed E-state index contributed by atoms with van der Waals surface area (Å²) < 4.78 is 11.5. The lowest BCUT2D eigenvalue weighted by atomic mass is 9.89. The van der Waals surface area contributed by atoms with E-state index in [0.29, 0.717) is 17.7 Å². The lowest BCUT2D eigenvalue weighted by Crippen LogP contribution is -2.44. The van der Waals surface area contributed by atoms with Gasteiger partial charge in [0, 0.05) is 31.6 Å². The maximum atomic E-state index is 12.4. The molecule has 1 unspecified atom stereocenters. The van der Waals surface area contributed by atoms with E-state index in [9.17, 15) is 4.79 Å². The highest BCUT2D eigenvalue weighted by atomic mass is 16.5. The Morgan fingerprint density at radius 1 is 1.40 bits per heavy atom. The molecule has 2 heterocycles. The maximum absolute atomic E-state index is 12.4. The normalized spacial score (nSPS) is 29.4. The van der Waals surface area contributed by atoms with E-state index in [1.54, 1.807) is 7.11 Å². The van der Waals surface area contributed by atoms with Crippen molar-refractivity contribution in [3.05, 3.63) is 23.8 Å². The molecule has 1 saturated heterocycles. The minimum Gasteiger partial charge on any atom is -0.497 e. The molecular weight excluding hydrogens is 254 g/mol. The van der Waals surface area contributed by atoms with Gasteiger partial charge in [-0.15, -0.1) is 0 Å². The molecule has 0 aromatic heterocycles. The highest BCUT2D eigenvalue weighted by Crippen LogP contribution is 2.42. The Hall–Kier alpha value is -1.55. The van der Waals surface area contributed by atoms with Gasteiger partial charge in [-0.25, -0.2) is 0 Å². The highest BCUT2D eigenvalue weighted by molar-refractivity contribution is 6.00. The fraction of sp³-hybridized carbons (Fsp3) is 0.562. The van der Waals surface area contributed by atoms with Crippen molar-refractivity contribution in [3.8, 4) is 11.5 Å². The molecular formula is C16H19NO3. The minimum absolute atomic E-state index is 0.201. The van der Waals surface area contributed by atoms with Crippen molar-refractivity contribution < 1.29 is 14.3 Å². The van der Waals surface area contributed by atoms with E-state index in [1.807, 2.05) is 18.2 Å². The maximum Gasteiger partial charge on any atom is 0.170 e. The van der Waals surface area contributed by atoms with Crippen LogP contribution in [0.2, 0.25) is 0 Å². The molecule has 106 valence electrons. The van der Waals surface area contributed by atoms with Crippen LogP contribution in [0.4, 0.5) is 0 Å². The van der Waals surface area contributed by atoms with E-state index >= 15 is 0 Å². The molecule has 20 heavy (non-hydrogen) atoms. The minimum atomic E-state index is -0.307. The number of benzene rings is 1. The third-order valence-electron chi connectivity index (χ3n) is 4.71. The van der Waals surface area contributed by atoms with Crippen molar-refractivity contribution >= 4 is 5.78 Å². The molecule has 3 aliphatic rings. The molecule has 4 rings (SSSR count). The first-order chi connectivity index (χ1) is 9.69. The molecule has 4 nitrogen and oxygen atoms in total. The summed E-state index contributed by atoms with van der Waals surface area (Å²) in [5.74, 6) is 1.63. The number of hydrogen-bond donors (Lipinski definition) is 0. The number of ketones is 1. The van der Waals surface area contributed by atoms with Gasteiger partial charge in [0.2, 0.25) is 0 Å². The monoisotopic (exact) mass is 273 g/mol. The van der Waals surface area contributed by atoms with Gasteiger partial charge < -0.3 is 9.47 Å². The van der Waals surface area contributed by atoms with Crippen LogP contribution in [-0.4, -0.2) is 42.5 Å². The van der Waals surface area contributed by atoms with Gasteiger partial charge in [-0.2, -0.15) is 0 Å². The predicted octanol–water partition coefficient (Wildman–Crippen LogP) is 2.27. The van der Waals surface area contributed by atoms with Gasteiger partial charge in [-0.05, 0) is 25.0 Å². The second kappa shape index (κ2) is 4.22. The van der Waals surface area contributed by atoms with Gasteiger partial charge in [0.05, 0.1) is 19.1 Å². The van der Waals surface area contributed by atoms with Crippen LogP contribution >= 0.6 is 0 Å². The van der Waals surface area contributed by atoms with Crippen LogP contribution < -0.4 is 9.47 Å². The fourth-order valence-electron chi connectivity index (χ4n) is 3.46. The summed E-state index contributed by atoms with van der Waals surface area (Å²) in [5.41, 5.74) is 0.389. The van der Waals surface area contributed by atoms with Crippen LogP contribution in [0.5, 0.6) is 11.5 Å². The van der Waals surface area contributed by atoms with Crippen molar-refractivity contribution in [1.82, 2.24) is 4.90 Å². The highest BCUT2D eigenvalue weighted by Gasteiger charge is 2.48. The number of carbonyl (C=O) groups is 1. The largest absolute Gasteiger partial charge is 0.497 e. The summed E-state index contributed by atoms with van der Waals surface area (Å²) in [6, 6.07) is 6.22. The Morgan fingerprint density at radius 3 is 3.00 bits per heavy atom. The standard InChI is InChI=1S/C16H19NO3/c1-19-12-4-5-13-14(18)9-16(20-15(13)8-12)6-7-17(10-16)11-2-3-11/h4-5,8,11H,2-3,6-7,9-10H2,1H3. The molecule has 1 aromatic carbocycles. The first-order valence-corrected chi connectivity index (χ1v) is 7.33. The molecule has 1 aliphatic carbocycles. The summed E-state index contributed by atoms with van der Waals surface area (Å²) >= 11 is 0. The second-order valence-electron chi connectivity index (χ2n) is 6.20. The van der Waals surface area contributed by atoms with E-state index in [1.165, 1.54) is 12.8 Å². The molecule has 2 fully saturated rings. The number of rotatable bonds is 2. The molecule has 0 N–H and O–H groups in total. The number of carbonyl (C=O) groups excluding carboxylic acids is 1. The quantitative estimate of drug-likeness (QED) is 0.828. The van der Waals surface area contributed by atoms with Crippen molar-refractivity contribution in [2.75, 3.05) is 20.2 Å². The van der Waals surface area contributed by atoms with Crippen LogP contribution in [0.1, 0.15) is 36.0 Å². The Kier molecular flexibility index (Phi) is 2.58. The number of Topliss-reactive ketones (excluding diaryl/α,β-unsaturated/α-hetero) is 1. The summed E-state index contributed by atoms with van der Waals surface area (Å²) in [7, 11) is 1.63. The van der Waals surface area contributed by atoms with Crippen LogP contribution in [0.25, 0.3) is 0 Å². The number of hydrogen-bond acceptors (Lipinski definition) is 4.